The molecule has 0 aromatic rings. The zero-order valence-electron chi connectivity index (χ0n) is 14.3. The van der Waals surface area contributed by atoms with Crippen molar-refractivity contribution >= 4 is 0 Å². The Morgan fingerprint density at radius 2 is 2.05 bits per heavy atom. The Morgan fingerprint density at radius 3 is 2.81 bits per heavy atom. The number of likely N-dealkylation sites (N-methyl/N-ethyl adjacent to an activating group) is 1. The van der Waals surface area contributed by atoms with Crippen LogP contribution in [0, 0.1) is 5.92 Å². The summed E-state index contributed by atoms with van der Waals surface area (Å²) in [5.41, 5.74) is 0. The van der Waals surface area contributed by atoms with Gasteiger partial charge in [-0.15, -0.1) is 0 Å². The Balaban J connectivity index is 1.69. The Hall–Kier alpha value is -0.160. The minimum absolute atomic E-state index is 0.372. The molecule has 0 bridgehead atoms. The van der Waals surface area contributed by atoms with E-state index in [1.165, 1.54) is 38.9 Å². The molecule has 0 aliphatic carbocycles. The Kier molecular flexibility index (Phi) is 7.44. The van der Waals surface area contributed by atoms with E-state index >= 15 is 0 Å². The molecule has 4 heteroatoms. The van der Waals surface area contributed by atoms with E-state index in [2.05, 4.69) is 35.9 Å². The Labute approximate surface area is 131 Å². The second-order valence-corrected chi connectivity index (χ2v) is 6.79. The number of morpholine rings is 1. The van der Waals surface area contributed by atoms with Crippen molar-refractivity contribution in [2.75, 3.05) is 52.4 Å². The molecule has 2 aliphatic heterocycles. The van der Waals surface area contributed by atoms with Gasteiger partial charge in [0, 0.05) is 32.2 Å². The van der Waals surface area contributed by atoms with Crippen molar-refractivity contribution < 1.29 is 4.74 Å². The minimum atomic E-state index is 0.372. The largest absolute Gasteiger partial charge is 0.374 e. The van der Waals surface area contributed by atoms with Crippen LogP contribution in [0.5, 0.6) is 0 Å². The molecule has 0 amide bonds. The van der Waals surface area contributed by atoms with Crippen LogP contribution >= 0.6 is 0 Å². The van der Waals surface area contributed by atoms with Crippen molar-refractivity contribution in [3.05, 3.63) is 0 Å². The van der Waals surface area contributed by atoms with E-state index in [1.54, 1.807) is 0 Å². The summed E-state index contributed by atoms with van der Waals surface area (Å²) in [6.45, 7) is 15.9. The maximum Gasteiger partial charge on any atom is 0.0826 e. The molecule has 2 heterocycles. The van der Waals surface area contributed by atoms with E-state index in [0.717, 1.165) is 38.7 Å². The van der Waals surface area contributed by atoms with Crippen LogP contribution in [-0.4, -0.2) is 74.4 Å². The molecule has 0 aromatic carbocycles. The Bertz CT molecular complexity index is 285. The number of hydrogen-bond donors (Lipinski definition) is 1. The van der Waals surface area contributed by atoms with Gasteiger partial charge in [-0.3, -0.25) is 4.90 Å². The van der Waals surface area contributed by atoms with Crippen molar-refractivity contribution in [1.29, 1.82) is 0 Å². The third-order valence-corrected chi connectivity index (χ3v) is 5.13. The first-order valence-corrected chi connectivity index (χ1v) is 9.02. The van der Waals surface area contributed by atoms with E-state index in [4.69, 9.17) is 4.74 Å². The maximum absolute atomic E-state index is 5.89. The molecular weight excluding hydrogens is 262 g/mol. The SMILES string of the molecule is CCCN1CCCC(C(C)NCC2CN(CC)CCO2)C1. The third kappa shape index (κ3) is 5.51. The van der Waals surface area contributed by atoms with Gasteiger partial charge in [0.2, 0.25) is 0 Å². The highest BCUT2D eigenvalue weighted by atomic mass is 16.5. The third-order valence-electron chi connectivity index (χ3n) is 5.13. The molecule has 21 heavy (non-hydrogen) atoms. The number of nitrogens with one attached hydrogen (secondary N) is 1. The average Bonchev–Trinajstić information content (AvgIpc) is 2.53. The summed E-state index contributed by atoms with van der Waals surface area (Å²) in [4.78, 5) is 5.13. The average molecular weight is 297 g/mol. The highest BCUT2D eigenvalue weighted by Crippen LogP contribution is 2.20. The van der Waals surface area contributed by atoms with Crippen LogP contribution in [0.15, 0.2) is 0 Å². The fourth-order valence-corrected chi connectivity index (χ4v) is 3.69. The lowest BCUT2D eigenvalue weighted by molar-refractivity contribution is -0.0273. The first kappa shape index (κ1) is 17.2. The molecule has 4 nitrogen and oxygen atoms in total. The summed E-state index contributed by atoms with van der Waals surface area (Å²) in [7, 11) is 0. The van der Waals surface area contributed by atoms with Crippen LogP contribution in [0.2, 0.25) is 0 Å². The van der Waals surface area contributed by atoms with E-state index in [0.29, 0.717) is 12.1 Å². The monoisotopic (exact) mass is 297 g/mol. The fraction of sp³-hybridized carbons (Fsp3) is 1.00. The van der Waals surface area contributed by atoms with E-state index in [9.17, 15) is 0 Å². The molecule has 0 spiro atoms. The van der Waals surface area contributed by atoms with Crippen LogP contribution in [0.3, 0.4) is 0 Å². The quantitative estimate of drug-likeness (QED) is 0.775. The molecule has 0 radical (unpaired) electrons. The summed E-state index contributed by atoms with van der Waals surface area (Å²) in [5, 5.41) is 3.75. The van der Waals surface area contributed by atoms with Gasteiger partial charge >= 0.3 is 0 Å². The van der Waals surface area contributed by atoms with Crippen molar-refractivity contribution in [3.8, 4) is 0 Å². The lowest BCUT2D eigenvalue weighted by Crippen LogP contribution is -2.50. The van der Waals surface area contributed by atoms with Gasteiger partial charge in [0.05, 0.1) is 12.7 Å². The first-order chi connectivity index (χ1) is 10.2. The first-order valence-electron chi connectivity index (χ1n) is 9.02. The number of piperidine rings is 1. The molecule has 2 saturated heterocycles. The molecule has 0 saturated carbocycles. The molecule has 124 valence electrons. The van der Waals surface area contributed by atoms with Crippen LogP contribution in [0.4, 0.5) is 0 Å². The summed E-state index contributed by atoms with van der Waals surface area (Å²) >= 11 is 0. The van der Waals surface area contributed by atoms with Gasteiger partial charge in [0.25, 0.3) is 0 Å². The predicted octanol–water partition coefficient (Wildman–Crippen LogP) is 1.81. The van der Waals surface area contributed by atoms with Gasteiger partial charge in [-0.2, -0.15) is 0 Å². The van der Waals surface area contributed by atoms with Gasteiger partial charge in [-0.25, -0.2) is 0 Å². The van der Waals surface area contributed by atoms with Gasteiger partial charge in [-0.05, 0) is 51.7 Å². The Morgan fingerprint density at radius 1 is 1.19 bits per heavy atom. The highest BCUT2D eigenvalue weighted by molar-refractivity contribution is 4.82. The maximum atomic E-state index is 5.89. The van der Waals surface area contributed by atoms with E-state index in [1.807, 2.05) is 0 Å². The lowest BCUT2D eigenvalue weighted by Gasteiger charge is -2.37. The number of hydrogen-bond acceptors (Lipinski definition) is 4. The molecule has 2 aliphatic rings. The smallest absolute Gasteiger partial charge is 0.0826 e. The summed E-state index contributed by atoms with van der Waals surface area (Å²) in [5.74, 6) is 0.802. The predicted molar refractivity (Wildman–Crippen MR) is 88.8 cm³/mol. The number of ether oxygens (including phenoxy) is 1. The zero-order chi connectivity index (χ0) is 15.1. The van der Waals surface area contributed by atoms with Gasteiger partial charge in [0.1, 0.15) is 0 Å². The van der Waals surface area contributed by atoms with Gasteiger partial charge in [0.15, 0.2) is 0 Å². The molecule has 2 fully saturated rings. The number of rotatable bonds is 7. The fourth-order valence-electron chi connectivity index (χ4n) is 3.69. The molecule has 2 rings (SSSR count). The van der Waals surface area contributed by atoms with Crippen LogP contribution in [-0.2, 0) is 4.74 Å². The number of likely N-dealkylation sites (tertiary alicyclic amines) is 1. The topological polar surface area (TPSA) is 27.7 Å². The normalized spacial score (nSPS) is 30.4. The van der Waals surface area contributed by atoms with E-state index in [-0.39, 0.29) is 0 Å². The summed E-state index contributed by atoms with van der Waals surface area (Å²) in [6, 6.07) is 0.602. The summed E-state index contributed by atoms with van der Waals surface area (Å²) < 4.78 is 5.89. The standard InChI is InChI=1S/C17H35N3O/c1-4-8-20-9-6-7-16(13-20)15(3)18-12-17-14-19(5-2)10-11-21-17/h15-18H,4-14H2,1-3H3. The van der Waals surface area contributed by atoms with Crippen LogP contribution < -0.4 is 5.32 Å². The van der Waals surface area contributed by atoms with E-state index < -0.39 is 0 Å². The van der Waals surface area contributed by atoms with Gasteiger partial charge in [-0.1, -0.05) is 13.8 Å². The van der Waals surface area contributed by atoms with Crippen molar-refractivity contribution in [2.45, 2.75) is 52.2 Å². The van der Waals surface area contributed by atoms with Crippen molar-refractivity contribution in [3.63, 3.8) is 0 Å². The second-order valence-electron chi connectivity index (χ2n) is 6.79. The van der Waals surface area contributed by atoms with Crippen LogP contribution in [0.25, 0.3) is 0 Å². The molecular formula is C17H35N3O. The molecule has 1 N–H and O–H groups in total. The second kappa shape index (κ2) is 9.09. The van der Waals surface area contributed by atoms with Crippen LogP contribution in [0.1, 0.15) is 40.0 Å². The zero-order valence-corrected chi connectivity index (χ0v) is 14.3. The molecule has 3 atom stereocenters. The molecule has 0 aromatic heterocycles. The molecule has 3 unspecified atom stereocenters. The lowest BCUT2D eigenvalue weighted by atomic mass is 9.91. The minimum Gasteiger partial charge on any atom is -0.374 e. The highest BCUT2D eigenvalue weighted by Gasteiger charge is 2.25. The van der Waals surface area contributed by atoms with Crippen molar-refractivity contribution in [1.82, 2.24) is 15.1 Å². The number of nitrogens with zero attached hydrogens (tertiary/aromatic N) is 2. The van der Waals surface area contributed by atoms with Gasteiger partial charge < -0.3 is 15.0 Å². The summed E-state index contributed by atoms with van der Waals surface area (Å²) in [6.07, 6.45) is 4.38. The van der Waals surface area contributed by atoms with Crippen molar-refractivity contribution in [2.24, 2.45) is 5.92 Å².